The van der Waals surface area contributed by atoms with E-state index in [-0.39, 0.29) is 12.4 Å². The van der Waals surface area contributed by atoms with Gasteiger partial charge < -0.3 is 11.1 Å². The third-order valence-electron chi connectivity index (χ3n) is 1.46. The number of hydrogen-bond acceptors (Lipinski definition) is 2. The lowest BCUT2D eigenvalue weighted by molar-refractivity contribution is 0.100. The lowest BCUT2D eigenvalue weighted by atomic mass is 10.2. The summed E-state index contributed by atoms with van der Waals surface area (Å²) >= 11 is 0. The van der Waals surface area contributed by atoms with Crippen LogP contribution < -0.4 is 11.1 Å². The third kappa shape index (κ3) is 2.43. The predicted octanol–water partition coefficient (Wildman–Crippen LogP) is 1.25. The summed E-state index contributed by atoms with van der Waals surface area (Å²) in [5.74, 6) is -0.396. The average Bonchev–Trinajstić information content (AvgIpc) is 2.05. The molecule has 0 radical (unpaired) electrons. The summed E-state index contributed by atoms with van der Waals surface area (Å²) in [7, 11) is 1.82. The molecule has 0 atom stereocenters. The molecule has 1 rings (SSSR count). The molecule has 0 heterocycles. The van der Waals surface area contributed by atoms with Crippen molar-refractivity contribution in [2.75, 3.05) is 12.4 Å². The molecule has 66 valence electrons. The number of carbonyl (C=O) groups is 1. The molecule has 0 aromatic heterocycles. The van der Waals surface area contributed by atoms with Gasteiger partial charge >= 0.3 is 0 Å². The van der Waals surface area contributed by atoms with Crippen molar-refractivity contribution in [2.45, 2.75) is 0 Å². The Kier molecular flexibility index (Phi) is 4.15. The van der Waals surface area contributed by atoms with Gasteiger partial charge in [-0.1, -0.05) is 0 Å². The van der Waals surface area contributed by atoms with Crippen LogP contribution in [0.2, 0.25) is 0 Å². The third-order valence-corrected chi connectivity index (χ3v) is 1.46. The highest BCUT2D eigenvalue weighted by Crippen LogP contribution is 2.07. The molecule has 0 fully saturated rings. The minimum atomic E-state index is -0.396. The fraction of sp³-hybridized carbons (Fsp3) is 0.125. The molecule has 4 heteroatoms. The van der Waals surface area contributed by atoms with Crippen LogP contribution in [-0.4, -0.2) is 13.0 Å². The van der Waals surface area contributed by atoms with Gasteiger partial charge in [-0.25, -0.2) is 0 Å². The monoisotopic (exact) mass is 186 g/mol. The highest BCUT2D eigenvalue weighted by Gasteiger charge is 1.97. The maximum Gasteiger partial charge on any atom is 0.248 e. The first-order chi connectivity index (χ1) is 5.24. The van der Waals surface area contributed by atoms with Gasteiger partial charge in [-0.3, -0.25) is 4.79 Å². The quantitative estimate of drug-likeness (QED) is 0.731. The maximum absolute atomic E-state index is 10.6. The summed E-state index contributed by atoms with van der Waals surface area (Å²) in [6, 6.07) is 6.99. The zero-order valence-corrected chi connectivity index (χ0v) is 7.52. The Balaban J connectivity index is 0.00000121. The molecule has 0 saturated carbocycles. The zero-order chi connectivity index (χ0) is 8.27. The Morgan fingerprint density at radius 2 is 1.83 bits per heavy atom. The van der Waals surface area contributed by atoms with E-state index in [0.717, 1.165) is 5.69 Å². The molecule has 1 amide bonds. The van der Waals surface area contributed by atoms with Crippen LogP contribution in [-0.2, 0) is 0 Å². The van der Waals surface area contributed by atoms with E-state index in [1.165, 1.54) is 0 Å². The van der Waals surface area contributed by atoms with Crippen molar-refractivity contribution in [3.63, 3.8) is 0 Å². The molecule has 3 N–H and O–H groups in total. The fourth-order valence-electron chi connectivity index (χ4n) is 0.801. The summed E-state index contributed by atoms with van der Waals surface area (Å²) in [4.78, 5) is 10.6. The van der Waals surface area contributed by atoms with Crippen molar-refractivity contribution in [3.8, 4) is 0 Å². The minimum absolute atomic E-state index is 0. The molecule has 1 aromatic rings. The van der Waals surface area contributed by atoms with Crippen LogP contribution in [0, 0.1) is 0 Å². The van der Waals surface area contributed by atoms with Crippen LogP contribution in [0.5, 0.6) is 0 Å². The van der Waals surface area contributed by atoms with Crippen molar-refractivity contribution >= 4 is 24.0 Å². The molecule has 12 heavy (non-hydrogen) atoms. The zero-order valence-electron chi connectivity index (χ0n) is 6.70. The number of benzene rings is 1. The van der Waals surface area contributed by atoms with E-state index in [0.29, 0.717) is 5.56 Å². The van der Waals surface area contributed by atoms with E-state index in [9.17, 15) is 4.79 Å². The molecule has 0 aliphatic rings. The second-order valence-electron chi connectivity index (χ2n) is 2.19. The lowest BCUT2D eigenvalue weighted by Gasteiger charge is -1.99. The Hall–Kier alpha value is -1.22. The van der Waals surface area contributed by atoms with Gasteiger partial charge in [0, 0.05) is 18.3 Å². The second-order valence-corrected chi connectivity index (χ2v) is 2.19. The van der Waals surface area contributed by atoms with Crippen LogP contribution in [0.1, 0.15) is 10.4 Å². The minimum Gasteiger partial charge on any atom is -0.388 e. The summed E-state index contributed by atoms with van der Waals surface area (Å²) in [5.41, 5.74) is 6.55. The number of rotatable bonds is 2. The number of nitrogens with one attached hydrogen (secondary N) is 1. The van der Waals surface area contributed by atoms with Gasteiger partial charge in [0.15, 0.2) is 0 Å². The summed E-state index contributed by atoms with van der Waals surface area (Å²) in [5, 5.41) is 2.94. The number of halogens is 1. The van der Waals surface area contributed by atoms with E-state index in [1.54, 1.807) is 24.3 Å². The Labute approximate surface area is 77.4 Å². The van der Waals surface area contributed by atoms with Crippen molar-refractivity contribution in [2.24, 2.45) is 5.73 Å². The Morgan fingerprint density at radius 1 is 1.33 bits per heavy atom. The van der Waals surface area contributed by atoms with Crippen molar-refractivity contribution in [1.82, 2.24) is 0 Å². The number of nitrogens with two attached hydrogens (primary N) is 1. The number of carbonyl (C=O) groups excluding carboxylic acids is 1. The van der Waals surface area contributed by atoms with Crippen molar-refractivity contribution < 1.29 is 4.79 Å². The topological polar surface area (TPSA) is 55.1 Å². The van der Waals surface area contributed by atoms with E-state index >= 15 is 0 Å². The molecule has 0 bridgehead atoms. The Morgan fingerprint density at radius 3 is 2.17 bits per heavy atom. The number of amides is 1. The fourth-order valence-corrected chi connectivity index (χ4v) is 0.801. The first-order valence-corrected chi connectivity index (χ1v) is 3.31. The predicted molar refractivity (Wildman–Crippen MR) is 51.8 cm³/mol. The average molecular weight is 187 g/mol. The van der Waals surface area contributed by atoms with E-state index in [4.69, 9.17) is 5.73 Å². The first-order valence-electron chi connectivity index (χ1n) is 3.31. The SMILES string of the molecule is CNc1ccc(C(N)=O)cc1.Cl. The molecular weight excluding hydrogens is 176 g/mol. The van der Waals surface area contributed by atoms with Gasteiger partial charge in [0.05, 0.1) is 0 Å². The van der Waals surface area contributed by atoms with Crippen LogP contribution in [0.3, 0.4) is 0 Å². The summed E-state index contributed by atoms with van der Waals surface area (Å²) < 4.78 is 0. The summed E-state index contributed by atoms with van der Waals surface area (Å²) in [6.07, 6.45) is 0. The molecular formula is C8H11ClN2O. The van der Waals surface area contributed by atoms with Gasteiger partial charge in [0.25, 0.3) is 0 Å². The van der Waals surface area contributed by atoms with Crippen LogP contribution in [0.4, 0.5) is 5.69 Å². The van der Waals surface area contributed by atoms with Crippen LogP contribution in [0.15, 0.2) is 24.3 Å². The normalized spacial score (nSPS) is 8.42. The van der Waals surface area contributed by atoms with Gasteiger partial charge in [-0.2, -0.15) is 0 Å². The Bertz CT molecular complexity index is 258. The standard InChI is InChI=1S/C8H10N2O.ClH/c1-10-7-4-2-6(3-5-7)8(9)11;/h2-5,10H,1H3,(H2,9,11);1H. The molecule has 3 nitrogen and oxygen atoms in total. The van der Waals surface area contributed by atoms with E-state index in [2.05, 4.69) is 5.32 Å². The molecule has 0 saturated heterocycles. The van der Waals surface area contributed by atoms with E-state index in [1.807, 2.05) is 7.05 Å². The number of anilines is 1. The number of primary amides is 1. The van der Waals surface area contributed by atoms with Gasteiger partial charge in [-0.05, 0) is 24.3 Å². The van der Waals surface area contributed by atoms with Gasteiger partial charge in [-0.15, -0.1) is 12.4 Å². The van der Waals surface area contributed by atoms with E-state index < -0.39 is 5.91 Å². The van der Waals surface area contributed by atoms with Crippen molar-refractivity contribution in [1.29, 1.82) is 0 Å². The highest BCUT2D eigenvalue weighted by atomic mass is 35.5. The first kappa shape index (κ1) is 10.8. The van der Waals surface area contributed by atoms with Crippen LogP contribution >= 0.6 is 12.4 Å². The molecule has 0 aliphatic heterocycles. The lowest BCUT2D eigenvalue weighted by Crippen LogP contribution is -2.10. The maximum atomic E-state index is 10.6. The largest absolute Gasteiger partial charge is 0.388 e. The van der Waals surface area contributed by atoms with Crippen molar-refractivity contribution in [3.05, 3.63) is 29.8 Å². The molecule has 0 aliphatic carbocycles. The molecule has 0 spiro atoms. The molecule has 1 aromatic carbocycles. The summed E-state index contributed by atoms with van der Waals surface area (Å²) in [6.45, 7) is 0. The van der Waals surface area contributed by atoms with Gasteiger partial charge in [0.2, 0.25) is 5.91 Å². The van der Waals surface area contributed by atoms with Crippen LogP contribution in [0.25, 0.3) is 0 Å². The molecule has 0 unspecified atom stereocenters. The number of hydrogen-bond donors (Lipinski definition) is 2. The smallest absolute Gasteiger partial charge is 0.248 e. The second kappa shape index (κ2) is 4.62. The highest BCUT2D eigenvalue weighted by molar-refractivity contribution is 5.93. The van der Waals surface area contributed by atoms with Gasteiger partial charge in [0.1, 0.15) is 0 Å².